The van der Waals surface area contributed by atoms with Gasteiger partial charge in [-0.15, -0.1) is 0 Å². The fourth-order valence-corrected chi connectivity index (χ4v) is 2.28. The fraction of sp³-hybridized carbons (Fsp3) is 0.786. The van der Waals surface area contributed by atoms with Crippen molar-refractivity contribution < 1.29 is 43.5 Å². The standard InChI is InChI=1S/C14H23NO9/c1-7(17)15-11-13(23-9(3)19)12(20)10(6-22-8(2)18)24-14(11)21-5-4-16/h10-14,16,20H,4-6H2,1-3H3,(H,15,17)/t10?,11?,12-,13?,14-/m1/s1. The van der Waals surface area contributed by atoms with E-state index < -0.39 is 48.5 Å². The minimum Gasteiger partial charge on any atom is -0.463 e. The minimum atomic E-state index is -1.36. The number of aliphatic hydroxyl groups is 2. The molecule has 24 heavy (non-hydrogen) atoms. The van der Waals surface area contributed by atoms with Crippen molar-refractivity contribution in [3.05, 3.63) is 0 Å². The Morgan fingerprint density at radius 1 is 1.17 bits per heavy atom. The summed E-state index contributed by atoms with van der Waals surface area (Å²) in [5, 5.41) is 21.8. The normalized spacial score (nSPS) is 29.6. The summed E-state index contributed by atoms with van der Waals surface area (Å²) in [4.78, 5) is 33.7. The summed E-state index contributed by atoms with van der Waals surface area (Å²) in [6, 6.07) is -0.999. The molecule has 0 bridgehead atoms. The molecule has 3 N–H and O–H groups in total. The van der Waals surface area contributed by atoms with Gasteiger partial charge in [-0.05, 0) is 0 Å². The van der Waals surface area contributed by atoms with Gasteiger partial charge >= 0.3 is 11.9 Å². The van der Waals surface area contributed by atoms with E-state index in [1.165, 1.54) is 13.8 Å². The second-order valence-electron chi connectivity index (χ2n) is 5.23. The van der Waals surface area contributed by atoms with E-state index in [1.807, 2.05) is 0 Å². The number of hydrogen-bond donors (Lipinski definition) is 3. The van der Waals surface area contributed by atoms with E-state index in [0.29, 0.717) is 0 Å². The van der Waals surface area contributed by atoms with E-state index in [4.69, 9.17) is 24.1 Å². The van der Waals surface area contributed by atoms with Crippen molar-refractivity contribution in [2.45, 2.75) is 51.4 Å². The lowest BCUT2D eigenvalue weighted by atomic mass is 9.96. The highest BCUT2D eigenvalue weighted by Crippen LogP contribution is 2.25. The Morgan fingerprint density at radius 2 is 1.83 bits per heavy atom. The van der Waals surface area contributed by atoms with Gasteiger partial charge in [-0.25, -0.2) is 0 Å². The van der Waals surface area contributed by atoms with Crippen LogP contribution in [0, 0.1) is 0 Å². The van der Waals surface area contributed by atoms with Crippen LogP contribution in [0.15, 0.2) is 0 Å². The Bertz CT molecular complexity index is 456. The molecule has 0 aromatic rings. The number of esters is 2. The van der Waals surface area contributed by atoms with Gasteiger partial charge in [-0.2, -0.15) is 0 Å². The van der Waals surface area contributed by atoms with Gasteiger partial charge in [0.25, 0.3) is 0 Å². The molecule has 0 aromatic carbocycles. The van der Waals surface area contributed by atoms with Crippen molar-refractivity contribution in [2.24, 2.45) is 0 Å². The van der Waals surface area contributed by atoms with E-state index in [-0.39, 0.29) is 19.8 Å². The summed E-state index contributed by atoms with van der Waals surface area (Å²) in [7, 11) is 0. The van der Waals surface area contributed by atoms with Crippen LogP contribution in [0.2, 0.25) is 0 Å². The lowest BCUT2D eigenvalue weighted by Crippen LogP contribution is -2.65. The van der Waals surface area contributed by atoms with Crippen LogP contribution < -0.4 is 5.32 Å². The van der Waals surface area contributed by atoms with Gasteiger partial charge in [0.2, 0.25) is 5.91 Å². The number of carbonyl (C=O) groups excluding carboxylic acids is 3. The highest BCUT2D eigenvalue weighted by molar-refractivity contribution is 5.73. The average Bonchev–Trinajstić information content (AvgIpc) is 2.48. The molecule has 1 saturated heterocycles. The second kappa shape index (κ2) is 9.52. The number of nitrogens with one attached hydrogen (secondary N) is 1. The predicted molar refractivity (Wildman–Crippen MR) is 77.5 cm³/mol. The van der Waals surface area contributed by atoms with Crippen LogP contribution in [0.3, 0.4) is 0 Å². The number of aliphatic hydroxyl groups excluding tert-OH is 2. The number of hydrogen-bond acceptors (Lipinski definition) is 9. The van der Waals surface area contributed by atoms with Gasteiger partial charge in [-0.3, -0.25) is 14.4 Å². The maximum Gasteiger partial charge on any atom is 0.303 e. The molecular formula is C14H23NO9. The van der Waals surface area contributed by atoms with Crippen molar-refractivity contribution in [1.29, 1.82) is 0 Å². The third kappa shape index (κ3) is 6.04. The molecule has 5 atom stereocenters. The molecule has 0 spiro atoms. The molecule has 10 nitrogen and oxygen atoms in total. The van der Waals surface area contributed by atoms with Gasteiger partial charge in [0.05, 0.1) is 13.2 Å². The SMILES string of the molecule is CC(=O)NC1C(OC(C)=O)[C@H](O)C(COC(C)=O)O[C@H]1OCCO. The maximum absolute atomic E-state index is 11.4. The predicted octanol–water partition coefficient (Wildman–Crippen LogP) is -1.92. The van der Waals surface area contributed by atoms with Crippen LogP contribution in [0.25, 0.3) is 0 Å². The van der Waals surface area contributed by atoms with Crippen LogP contribution >= 0.6 is 0 Å². The topological polar surface area (TPSA) is 141 Å². The number of ether oxygens (including phenoxy) is 4. The first-order valence-corrected chi connectivity index (χ1v) is 7.40. The van der Waals surface area contributed by atoms with E-state index in [9.17, 15) is 19.5 Å². The van der Waals surface area contributed by atoms with E-state index in [1.54, 1.807) is 0 Å². The van der Waals surface area contributed by atoms with Gasteiger partial charge < -0.3 is 34.5 Å². The summed E-state index contributed by atoms with van der Waals surface area (Å²) >= 11 is 0. The van der Waals surface area contributed by atoms with Crippen molar-refractivity contribution >= 4 is 17.8 Å². The molecule has 0 saturated carbocycles. The molecule has 10 heteroatoms. The minimum absolute atomic E-state index is 0.107. The van der Waals surface area contributed by atoms with E-state index in [2.05, 4.69) is 5.32 Å². The number of rotatable bonds is 7. The number of carbonyl (C=O) groups is 3. The summed E-state index contributed by atoms with van der Waals surface area (Å²) in [5.74, 6) is -1.71. The maximum atomic E-state index is 11.4. The third-order valence-corrected chi connectivity index (χ3v) is 3.17. The second-order valence-corrected chi connectivity index (χ2v) is 5.23. The van der Waals surface area contributed by atoms with Crippen LogP contribution in [0.1, 0.15) is 20.8 Å². The molecule has 1 heterocycles. The Morgan fingerprint density at radius 3 is 2.33 bits per heavy atom. The molecular weight excluding hydrogens is 326 g/mol. The molecule has 0 aromatic heterocycles. The fourth-order valence-electron chi connectivity index (χ4n) is 2.28. The summed E-state index contributed by atoms with van der Waals surface area (Å²) < 4.78 is 20.7. The van der Waals surface area contributed by atoms with Gasteiger partial charge in [0, 0.05) is 20.8 Å². The molecule has 138 valence electrons. The molecule has 0 aliphatic carbocycles. The lowest BCUT2D eigenvalue weighted by Gasteiger charge is -2.43. The smallest absolute Gasteiger partial charge is 0.303 e. The van der Waals surface area contributed by atoms with Crippen molar-refractivity contribution in [3.63, 3.8) is 0 Å². The Hall–Kier alpha value is -1.75. The van der Waals surface area contributed by atoms with Crippen molar-refractivity contribution in [1.82, 2.24) is 5.32 Å². The highest BCUT2D eigenvalue weighted by Gasteiger charge is 2.48. The Kier molecular flexibility index (Phi) is 8.05. The third-order valence-electron chi connectivity index (χ3n) is 3.17. The average molecular weight is 349 g/mol. The van der Waals surface area contributed by atoms with Crippen molar-refractivity contribution in [2.75, 3.05) is 19.8 Å². The Labute approximate surface area is 139 Å². The van der Waals surface area contributed by atoms with Gasteiger partial charge in [0.1, 0.15) is 24.9 Å². The molecule has 1 aliphatic rings. The number of amides is 1. The monoisotopic (exact) mass is 349 g/mol. The van der Waals surface area contributed by atoms with Crippen LogP contribution in [-0.2, 0) is 33.3 Å². The summed E-state index contributed by atoms with van der Waals surface area (Å²) in [6.07, 6.45) is -4.69. The van der Waals surface area contributed by atoms with E-state index >= 15 is 0 Å². The largest absolute Gasteiger partial charge is 0.463 e. The molecule has 1 amide bonds. The Balaban J connectivity index is 3.00. The molecule has 1 fully saturated rings. The zero-order valence-corrected chi connectivity index (χ0v) is 13.8. The summed E-state index contributed by atoms with van der Waals surface area (Å²) in [5.41, 5.74) is 0. The van der Waals surface area contributed by atoms with Crippen LogP contribution in [-0.4, -0.2) is 78.5 Å². The van der Waals surface area contributed by atoms with Crippen LogP contribution in [0.5, 0.6) is 0 Å². The quantitative estimate of drug-likeness (QED) is 0.449. The first-order chi connectivity index (χ1) is 11.3. The molecule has 0 radical (unpaired) electrons. The van der Waals surface area contributed by atoms with Gasteiger partial charge in [0.15, 0.2) is 12.4 Å². The lowest BCUT2D eigenvalue weighted by molar-refractivity contribution is -0.275. The van der Waals surface area contributed by atoms with Crippen molar-refractivity contribution in [3.8, 4) is 0 Å². The molecule has 1 aliphatic heterocycles. The highest BCUT2D eigenvalue weighted by atomic mass is 16.7. The first kappa shape index (κ1) is 20.3. The molecule has 3 unspecified atom stereocenters. The van der Waals surface area contributed by atoms with Gasteiger partial charge in [-0.1, -0.05) is 0 Å². The first-order valence-electron chi connectivity index (χ1n) is 7.40. The zero-order chi connectivity index (χ0) is 18.3. The van der Waals surface area contributed by atoms with Crippen LogP contribution in [0.4, 0.5) is 0 Å². The summed E-state index contributed by atoms with van der Waals surface area (Å²) in [6.45, 7) is 2.88. The zero-order valence-electron chi connectivity index (χ0n) is 13.8. The molecule has 1 rings (SSSR count). The van der Waals surface area contributed by atoms with E-state index in [0.717, 1.165) is 6.92 Å².